The van der Waals surface area contributed by atoms with Crippen molar-refractivity contribution in [2.75, 3.05) is 16.9 Å². The lowest BCUT2D eigenvalue weighted by atomic mass is 9.77. The van der Waals surface area contributed by atoms with E-state index >= 15 is 0 Å². The number of anilines is 2. The second-order valence-corrected chi connectivity index (χ2v) is 8.82. The molecule has 1 fully saturated rings. The minimum absolute atomic E-state index is 0.138. The van der Waals surface area contributed by atoms with Crippen LogP contribution in [0.1, 0.15) is 24.1 Å². The predicted molar refractivity (Wildman–Crippen MR) is 129 cm³/mol. The van der Waals surface area contributed by atoms with Crippen molar-refractivity contribution in [2.45, 2.75) is 24.5 Å². The second kappa shape index (κ2) is 7.81. The van der Waals surface area contributed by atoms with E-state index in [1.807, 2.05) is 67.6 Å². The van der Waals surface area contributed by atoms with Gasteiger partial charge in [-0.05, 0) is 30.7 Å². The van der Waals surface area contributed by atoms with E-state index in [4.69, 9.17) is 0 Å². The van der Waals surface area contributed by atoms with Gasteiger partial charge in [-0.25, -0.2) is 4.98 Å². The zero-order valence-corrected chi connectivity index (χ0v) is 18.6. The van der Waals surface area contributed by atoms with Gasteiger partial charge < -0.3 is 15.5 Å². The van der Waals surface area contributed by atoms with E-state index in [1.54, 1.807) is 6.07 Å². The lowest BCUT2D eigenvalue weighted by molar-refractivity contribution is -0.117. The van der Waals surface area contributed by atoms with E-state index in [0.29, 0.717) is 12.2 Å². The molecule has 3 N–H and O–H groups in total. The molecule has 1 aliphatic carbocycles. The fourth-order valence-corrected chi connectivity index (χ4v) is 5.35. The van der Waals surface area contributed by atoms with E-state index in [-0.39, 0.29) is 18.0 Å². The molecule has 0 bridgehead atoms. The first kappa shape index (κ1) is 20.6. The Morgan fingerprint density at radius 2 is 1.97 bits per heavy atom. The minimum Gasteiger partial charge on any atom is -0.356 e. The van der Waals surface area contributed by atoms with Gasteiger partial charge in [0.15, 0.2) is 0 Å². The van der Waals surface area contributed by atoms with E-state index < -0.39 is 11.5 Å². The van der Waals surface area contributed by atoms with Crippen LogP contribution in [0, 0.1) is 5.95 Å². The molecule has 1 aromatic heterocycles. The van der Waals surface area contributed by atoms with Gasteiger partial charge >= 0.3 is 0 Å². The van der Waals surface area contributed by atoms with Crippen molar-refractivity contribution in [1.82, 2.24) is 15.6 Å². The predicted octanol–water partition coefficient (Wildman–Crippen LogP) is 3.98. The smallest absolute Gasteiger partial charge is 0.253 e. The van der Waals surface area contributed by atoms with Crippen LogP contribution in [0.2, 0.25) is 0 Å². The third kappa shape index (κ3) is 3.04. The summed E-state index contributed by atoms with van der Waals surface area (Å²) < 4.78 is 13.9. The van der Waals surface area contributed by atoms with Crippen molar-refractivity contribution in [3.05, 3.63) is 113 Å². The highest BCUT2D eigenvalue weighted by Crippen LogP contribution is 2.52. The maximum atomic E-state index is 13.9. The van der Waals surface area contributed by atoms with Crippen LogP contribution >= 0.6 is 0 Å². The second-order valence-electron chi connectivity index (χ2n) is 8.82. The zero-order chi connectivity index (χ0) is 23.3. The van der Waals surface area contributed by atoms with Gasteiger partial charge in [-0.1, -0.05) is 54.6 Å². The highest BCUT2D eigenvalue weighted by molar-refractivity contribution is 6.00. The number of pyridine rings is 1. The number of halogens is 1. The number of para-hydroxylation sites is 1. The number of carbonyl (C=O) groups excluding carboxylic acids is 1. The van der Waals surface area contributed by atoms with Gasteiger partial charge in [0.2, 0.25) is 5.95 Å². The SMILES string of the molecule is CC(NC(=O)C1=C2Nc3ccccc3C23NCN(c2ccnc(F)c2)C3C=C1)c1ccccc1. The van der Waals surface area contributed by atoms with Crippen molar-refractivity contribution in [2.24, 2.45) is 0 Å². The average molecular weight is 454 g/mol. The number of rotatable bonds is 4. The maximum absolute atomic E-state index is 13.9. The summed E-state index contributed by atoms with van der Waals surface area (Å²) in [5.74, 6) is -0.662. The van der Waals surface area contributed by atoms with Gasteiger partial charge in [-0.3, -0.25) is 10.1 Å². The third-order valence-electron chi connectivity index (χ3n) is 6.96. The molecule has 1 saturated heterocycles. The largest absolute Gasteiger partial charge is 0.356 e. The van der Waals surface area contributed by atoms with E-state index in [2.05, 4.69) is 31.9 Å². The average Bonchev–Trinajstić information content (AvgIpc) is 3.41. The van der Waals surface area contributed by atoms with Crippen LogP contribution in [0.5, 0.6) is 0 Å². The van der Waals surface area contributed by atoms with Crippen LogP contribution in [0.25, 0.3) is 0 Å². The summed E-state index contributed by atoms with van der Waals surface area (Å²) in [5, 5.41) is 10.3. The summed E-state index contributed by atoms with van der Waals surface area (Å²) in [7, 11) is 0. The van der Waals surface area contributed by atoms with Gasteiger partial charge in [0, 0.05) is 29.2 Å². The Morgan fingerprint density at radius 3 is 2.79 bits per heavy atom. The van der Waals surface area contributed by atoms with Crippen molar-refractivity contribution in [3.63, 3.8) is 0 Å². The van der Waals surface area contributed by atoms with Crippen LogP contribution in [-0.4, -0.2) is 23.6 Å². The first-order valence-corrected chi connectivity index (χ1v) is 11.4. The molecule has 0 saturated carbocycles. The van der Waals surface area contributed by atoms with Gasteiger partial charge in [-0.15, -0.1) is 0 Å². The Morgan fingerprint density at radius 1 is 1.18 bits per heavy atom. The van der Waals surface area contributed by atoms with Crippen molar-refractivity contribution >= 4 is 17.3 Å². The van der Waals surface area contributed by atoms with Gasteiger partial charge in [0.25, 0.3) is 5.91 Å². The van der Waals surface area contributed by atoms with Crippen molar-refractivity contribution < 1.29 is 9.18 Å². The quantitative estimate of drug-likeness (QED) is 0.522. The lowest BCUT2D eigenvalue weighted by Gasteiger charge is -2.37. The number of hydrogen-bond donors (Lipinski definition) is 3. The number of nitrogens with zero attached hydrogens (tertiary/aromatic N) is 2. The summed E-state index contributed by atoms with van der Waals surface area (Å²) in [6.07, 6.45) is 5.39. The number of amides is 1. The summed E-state index contributed by atoms with van der Waals surface area (Å²) in [6, 6.07) is 20.9. The minimum atomic E-state index is -0.645. The molecule has 3 aromatic rings. The molecular weight excluding hydrogens is 429 g/mol. The fraction of sp³-hybridized carbons (Fsp3) is 0.185. The highest BCUT2D eigenvalue weighted by Gasteiger charge is 2.57. The van der Waals surface area contributed by atoms with Crippen LogP contribution in [-0.2, 0) is 10.3 Å². The number of nitrogens with one attached hydrogen (secondary N) is 3. The Bertz CT molecular complexity index is 1340. The molecule has 2 aromatic carbocycles. The molecule has 1 amide bonds. The molecule has 3 aliphatic rings. The van der Waals surface area contributed by atoms with Gasteiger partial charge in [0.1, 0.15) is 5.54 Å². The molecule has 170 valence electrons. The van der Waals surface area contributed by atoms with E-state index in [0.717, 1.165) is 28.2 Å². The molecule has 6 rings (SSSR count). The molecule has 0 radical (unpaired) electrons. The normalized spacial score (nSPS) is 23.1. The van der Waals surface area contributed by atoms with Gasteiger partial charge in [0.05, 0.1) is 30.0 Å². The van der Waals surface area contributed by atoms with Crippen LogP contribution in [0.3, 0.4) is 0 Å². The van der Waals surface area contributed by atoms with E-state index in [1.165, 1.54) is 12.3 Å². The molecule has 3 heterocycles. The molecule has 34 heavy (non-hydrogen) atoms. The molecule has 3 atom stereocenters. The first-order valence-electron chi connectivity index (χ1n) is 11.4. The summed E-state index contributed by atoms with van der Waals surface area (Å²) in [4.78, 5) is 19.3. The Kier molecular flexibility index (Phi) is 4.74. The van der Waals surface area contributed by atoms with Crippen LogP contribution in [0.15, 0.2) is 96.3 Å². The Labute approximate surface area is 197 Å². The number of carbonyl (C=O) groups is 1. The number of hydrogen-bond acceptors (Lipinski definition) is 5. The highest BCUT2D eigenvalue weighted by atomic mass is 19.1. The zero-order valence-electron chi connectivity index (χ0n) is 18.6. The molecule has 1 spiro atoms. The number of fused-ring (bicyclic) bond motifs is 1. The molecule has 3 unspecified atom stereocenters. The fourth-order valence-electron chi connectivity index (χ4n) is 5.35. The Balaban J connectivity index is 1.41. The molecule has 6 nitrogen and oxygen atoms in total. The molecular formula is C27H24FN5O. The van der Waals surface area contributed by atoms with Crippen molar-refractivity contribution in [3.8, 4) is 0 Å². The lowest BCUT2D eigenvalue weighted by Crippen LogP contribution is -2.49. The molecule has 2 aliphatic heterocycles. The summed E-state index contributed by atoms with van der Waals surface area (Å²) in [6.45, 7) is 2.47. The van der Waals surface area contributed by atoms with Crippen LogP contribution in [0.4, 0.5) is 15.8 Å². The number of aromatic nitrogens is 1. The molecule has 7 heteroatoms. The van der Waals surface area contributed by atoms with Crippen LogP contribution < -0.4 is 20.9 Å². The standard InChI is InChI=1S/C27H24FN5O/c1-17(18-7-3-2-4-8-18)31-26(34)20-11-12-23-27(21-9-5-6-10-22(21)32-25(20)27)30-16-33(23)19-13-14-29-24(28)15-19/h2-15,17,23,30,32H,16H2,1H3,(H,31,34). The van der Waals surface area contributed by atoms with E-state index in [9.17, 15) is 9.18 Å². The maximum Gasteiger partial charge on any atom is 0.253 e. The summed E-state index contributed by atoms with van der Waals surface area (Å²) in [5.41, 5.74) is 4.57. The third-order valence-corrected chi connectivity index (χ3v) is 6.96. The van der Waals surface area contributed by atoms with Gasteiger partial charge in [-0.2, -0.15) is 4.39 Å². The topological polar surface area (TPSA) is 69.3 Å². The van der Waals surface area contributed by atoms with Crippen molar-refractivity contribution in [1.29, 1.82) is 0 Å². The first-order chi connectivity index (χ1) is 16.6. The Hall–Kier alpha value is -3.97. The number of benzene rings is 2. The monoisotopic (exact) mass is 453 g/mol. The summed E-state index contributed by atoms with van der Waals surface area (Å²) >= 11 is 0.